The summed E-state index contributed by atoms with van der Waals surface area (Å²) in [5.41, 5.74) is 7.29. The molecule has 2 N–H and O–H groups in total. The van der Waals surface area contributed by atoms with Gasteiger partial charge in [-0.2, -0.15) is 0 Å². The van der Waals surface area contributed by atoms with Gasteiger partial charge in [-0.15, -0.1) is 0 Å². The largest absolute Gasteiger partial charge is 0.493 e. The molecule has 3 heteroatoms. The summed E-state index contributed by atoms with van der Waals surface area (Å²) in [5, 5.41) is 0. The van der Waals surface area contributed by atoms with E-state index in [0.29, 0.717) is 12.6 Å². The molecular weight excluding hydrogens is 248 g/mol. The minimum Gasteiger partial charge on any atom is -0.493 e. The van der Waals surface area contributed by atoms with Crippen LogP contribution in [0, 0.1) is 0 Å². The standard InChI is InChI=1S/C17H28N2O/c1-2-3-8-13-20-17-10-5-4-9-15(17)16(14-18)19-11-6-7-12-19/h4-5,9-10,16H,2-3,6-8,11-14,18H2,1H3. The summed E-state index contributed by atoms with van der Waals surface area (Å²) in [7, 11) is 0. The van der Waals surface area contributed by atoms with Crippen molar-refractivity contribution in [1.29, 1.82) is 0 Å². The van der Waals surface area contributed by atoms with Crippen LogP contribution in [0.15, 0.2) is 24.3 Å². The fourth-order valence-electron chi connectivity index (χ4n) is 2.95. The minimum absolute atomic E-state index is 0.305. The van der Waals surface area contributed by atoms with Gasteiger partial charge in [-0.1, -0.05) is 38.0 Å². The summed E-state index contributed by atoms with van der Waals surface area (Å²) in [6, 6.07) is 8.70. The van der Waals surface area contributed by atoms with Crippen molar-refractivity contribution in [2.75, 3.05) is 26.2 Å². The number of likely N-dealkylation sites (tertiary alicyclic amines) is 1. The van der Waals surface area contributed by atoms with Crippen molar-refractivity contribution >= 4 is 0 Å². The molecule has 0 aliphatic carbocycles. The lowest BCUT2D eigenvalue weighted by Crippen LogP contribution is -2.31. The molecule has 0 spiro atoms. The molecule has 3 nitrogen and oxygen atoms in total. The Morgan fingerprint density at radius 2 is 1.95 bits per heavy atom. The molecule has 2 rings (SSSR count). The molecule has 112 valence electrons. The highest BCUT2D eigenvalue weighted by molar-refractivity contribution is 5.36. The second-order valence-electron chi connectivity index (χ2n) is 5.59. The zero-order chi connectivity index (χ0) is 14.2. The lowest BCUT2D eigenvalue weighted by Gasteiger charge is -2.28. The topological polar surface area (TPSA) is 38.5 Å². The van der Waals surface area contributed by atoms with E-state index in [0.717, 1.165) is 31.9 Å². The van der Waals surface area contributed by atoms with Crippen molar-refractivity contribution in [2.45, 2.75) is 45.1 Å². The van der Waals surface area contributed by atoms with E-state index in [1.54, 1.807) is 0 Å². The van der Waals surface area contributed by atoms with Crippen molar-refractivity contribution < 1.29 is 4.74 Å². The van der Waals surface area contributed by atoms with Gasteiger partial charge in [0.25, 0.3) is 0 Å². The zero-order valence-electron chi connectivity index (χ0n) is 12.7. The Kier molecular flexibility index (Phi) is 6.34. The first-order chi connectivity index (χ1) is 9.86. The number of hydrogen-bond acceptors (Lipinski definition) is 3. The molecule has 1 unspecified atom stereocenters. The molecule has 1 heterocycles. The van der Waals surface area contributed by atoms with Crippen molar-refractivity contribution in [3.05, 3.63) is 29.8 Å². The van der Waals surface area contributed by atoms with Gasteiger partial charge in [0.05, 0.1) is 12.6 Å². The highest BCUT2D eigenvalue weighted by atomic mass is 16.5. The van der Waals surface area contributed by atoms with E-state index in [1.807, 2.05) is 0 Å². The van der Waals surface area contributed by atoms with Crippen LogP contribution in [0.5, 0.6) is 5.75 Å². The van der Waals surface area contributed by atoms with E-state index < -0.39 is 0 Å². The number of benzene rings is 1. The molecule has 1 aromatic carbocycles. The maximum Gasteiger partial charge on any atom is 0.124 e. The van der Waals surface area contributed by atoms with E-state index in [1.165, 1.54) is 31.2 Å². The van der Waals surface area contributed by atoms with E-state index in [4.69, 9.17) is 10.5 Å². The Labute approximate surface area is 123 Å². The molecule has 1 aromatic rings. The van der Waals surface area contributed by atoms with Gasteiger partial charge in [0.1, 0.15) is 5.75 Å². The summed E-state index contributed by atoms with van der Waals surface area (Å²) in [4.78, 5) is 2.49. The van der Waals surface area contributed by atoms with Crippen LogP contribution in [-0.4, -0.2) is 31.1 Å². The van der Waals surface area contributed by atoms with Crippen LogP contribution < -0.4 is 10.5 Å². The van der Waals surface area contributed by atoms with Crippen molar-refractivity contribution in [3.63, 3.8) is 0 Å². The predicted octanol–water partition coefficient (Wildman–Crippen LogP) is 3.35. The van der Waals surface area contributed by atoms with Gasteiger partial charge in [0, 0.05) is 12.1 Å². The molecule has 1 aliphatic heterocycles. The SMILES string of the molecule is CCCCCOc1ccccc1C(CN)N1CCCC1. The second kappa shape index (κ2) is 8.28. The van der Waals surface area contributed by atoms with Crippen molar-refractivity contribution in [3.8, 4) is 5.75 Å². The number of rotatable bonds is 8. The van der Waals surface area contributed by atoms with Crippen LogP contribution in [0.4, 0.5) is 0 Å². The zero-order valence-corrected chi connectivity index (χ0v) is 12.7. The van der Waals surface area contributed by atoms with Gasteiger partial charge in [0.2, 0.25) is 0 Å². The van der Waals surface area contributed by atoms with Crippen LogP contribution in [0.2, 0.25) is 0 Å². The number of para-hydroxylation sites is 1. The lowest BCUT2D eigenvalue weighted by molar-refractivity contribution is 0.237. The Morgan fingerprint density at radius 1 is 1.20 bits per heavy atom. The smallest absolute Gasteiger partial charge is 0.124 e. The molecule has 20 heavy (non-hydrogen) atoms. The molecule has 1 atom stereocenters. The molecule has 1 fully saturated rings. The molecule has 0 aromatic heterocycles. The van der Waals surface area contributed by atoms with Crippen molar-refractivity contribution in [2.24, 2.45) is 5.73 Å². The second-order valence-corrected chi connectivity index (χ2v) is 5.59. The number of unbranched alkanes of at least 4 members (excludes halogenated alkanes) is 2. The van der Waals surface area contributed by atoms with E-state index in [2.05, 4.69) is 36.1 Å². The summed E-state index contributed by atoms with van der Waals surface area (Å²) >= 11 is 0. The maximum absolute atomic E-state index is 6.03. The fourth-order valence-corrected chi connectivity index (χ4v) is 2.95. The molecule has 0 bridgehead atoms. The third kappa shape index (κ3) is 3.97. The molecular formula is C17H28N2O. The average Bonchev–Trinajstić information content (AvgIpc) is 3.00. The average molecular weight is 276 g/mol. The molecule has 1 saturated heterocycles. The minimum atomic E-state index is 0.305. The Hall–Kier alpha value is -1.06. The number of nitrogens with zero attached hydrogens (tertiary/aromatic N) is 1. The molecule has 1 aliphatic rings. The Morgan fingerprint density at radius 3 is 2.65 bits per heavy atom. The van der Waals surface area contributed by atoms with E-state index in [9.17, 15) is 0 Å². The third-order valence-corrected chi connectivity index (χ3v) is 4.09. The Balaban J connectivity index is 2.04. The first kappa shape index (κ1) is 15.3. The monoisotopic (exact) mass is 276 g/mol. The van der Waals surface area contributed by atoms with Gasteiger partial charge in [0.15, 0.2) is 0 Å². The van der Waals surface area contributed by atoms with E-state index >= 15 is 0 Å². The van der Waals surface area contributed by atoms with Gasteiger partial charge in [-0.05, 0) is 38.4 Å². The van der Waals surface area contributed by atoms with Crippen LogP contribution in [0.3, 0.4) is 0 Å². The van der Waals surface area contributed by atoms with E-state index in [-0.39, 0.29) is 0 Å². The highest BCUT2D eigenvalue weighted by Gasteiger charge is 2.24. The predicted molar refractivity (Wildman–Crippen MR) is 84.1 cm³/mol. The normalized spacial score (nSPS) is 17.3. The third-order valence-electron chi connectivity index (χ3n) is 4.09. The summed E-state index contributed by atoms with van der Waals surface area (Å²) < 4.78 is 6.00. The lowest BCUT2D eigenvalue weighted by atomic mass is 10.0. The Bertz CT molecular complexity index is 388. The van der Waals surface area contributed by atoms with Crippen molar-refractivity contribution in [1.82, 2.24) is 4.90 Å². The first-order valence-corrected chi connectivity index (χ1v) is 8.02. The van der Waals surface area contributed by atoms with Crippen LogP contribution in [0.1, 0.15) is 50.6 Å². The summed E-state index contributed by atoms with van der Waals surface area (Å²) in [6.45, 7) is 6.00. The van der Waals surface area contributed by atoms with Crippen LogP contribution in [0.25, 0.3) is 0 Å². The molecule has 0 amide bonds. The number of nitrogens with two attached hydrogens (primary N) is 1. The van der Waals surface area contributed by atoms with Gasteiger partial charge >= 0.3 is 0 Å². The number of hydrogen-bond donors (Lipinski definition) is 1. The van der Waals surface area contributed by atoms with Gasteiger partial charge in [-0.25, -0.2) is 0 Å². The fraction of sp³-hybridized carbons (Fsp3) is 0.647. The highest BCUT2D eigenvalue weighted by Crippen LogP contribution is 2.31. The van der Waals surface area contributed by atoms with Crippen LogP contribution in [-0.2, 0) is 0 Å². The quantitative estimate of drug-likeness (QED) is 0.740. The maximum atomic E-state index is 6.03. The van der Waals surface area contributed by atoms with Crippen LogP contribution >= 0.6 is 0 Å². The first-order valence-electron chi connectivity index (χ1n) is 8.02. The van der Waals surface area contributed by atoms with Gasteiger partial charge < -0.3 is 10.5 Å². The van der Waals surface area contributed by atoms with Gasteiger partial charge in [-0.3, -0.25) is 4.90 Å². The summed E-state index contributed by atoms with van der Waals surface area (Å²) in [5.74, 6) is 1.02. The number of ether oxygens (including phenoxy) is 1. The molecule has 0 saturated carbocycles. The summed E-state index contributed by atoms with van der Waals surface area (Å²) in [6.07, 6.45) is 6.16. The molecule has 0 radical (unpaired) electrons.